The van der Waals surface area contributed by atoms with Gasteiger partial charge >= 0.3 is 0 Å². The van der Waals surface area contributed by atoms with Crippen LogP contribution in [0.1, 0.15) is 32.0 Å². The summed E-state index contributed by atoms with van der Waals surface area (Å²) in [6, 6.07) is 1.16. The molecule has 0 spiro atoms. The number of hydrogen-bond acceptors (Lipinski definition) is 5. The summed E-state index contributed by atoms with van der Waals surface area (Å²) < 4.78 is 4.96. The zero-order valence-corrected chi connectivity index (χ0v) is 10.2. The van der Waals surface area contributed by atoms with Crippen molar-refractivity contribution in [3.05, 3.63) is 11.7 Å². The Morgan fingerprint density at radius 3 is 3.00 bits per heavy atom. The third-order valence-electron chi connectivity index (χ3n) is 2.78. The SMILES string of the molecule is Cc1nc(CN2CCC(NC(C)C)C2)no1. The van der Waals surface area contributed by atoms with Crippen LogP contribution >= 0.6 is 0 Å². The summed E-state index contributed by atoms with van der Waals surface area (Å²) in [4.78, 5) is 6.59. The molecular formula is C11H20N4O. The van der Waals surface area contributed by atoms with Crippen molar-refractivity contribution in [3.8, 4) is 0 Å². The van der Waals surface area contributed by atoms with Crippen LogP contribution in [0.4, 0.5) is 0 Å². The molecule has 2 rings (SSSR count). The summed E-state index contributed by atoms with van der Waals surface area (Å²) in [6.45, 7) is 9.18. The van der Waals surface area contributed by atoms with Gasteiger partial charge in [0.1, 0.15) is 0 Å². The van der Waals surface area contributed by atoms with Gasteiger partial charge in [-0.2, -0.15) is 4.98 Å². The first-order chi connectivity index (χ1) is 7.63. The maximum atomic E-state index is 4.96. The van der Waals surface area contributed by atoms with E-state index in [0.29, 0.717) is 18.0 Å². The van der Waals surface area contributed by atoms with Crippen molar-refractivity contribution in [1.82, 2.24) is 20.4 Å². The van der Waals surface area contributed by atoms with E-state index in [2.05, 4.69) is 34.2 Å². The fourth-order valence-corrected chi connectivity index (χ4v) is 2.19. The Balaban J connectivity index is 1.80. The molecule has 5 nitrogen and oxygen atoms in total. The molecule has 1 aliphatic rings. The summed E-state index contributed by atoms with van der Waals surface area (Å²) in [5.41, 5.74) is 0. The monoisotopic (exact) mass is 224 g/mol. The molecule has 16 heavy (non-hydrogen) atoms. The number of aryl methyl sites for hydroxylation is 1. The molecule has 90 valence electrons. The van der Waals surface area contributed by atoms with Crippen LogP contribution in [0.25, 0.3) is 0 Å². The minimum Gasteiger partial charge on any atom is -0.340 e. The van der Waals surface area contributed by atoms with Crippen LogP contribution in [-0.4, -0.2) is 40.2 Å². The van der Waals surface area contributed by atoms with Gasteiger partial charge in [-0.1, -0.05) is 19.0 Å². The Morgan fingerprint density at radius 1 is 1.56 bits per heavy atom. The summed E-state index contributed by atoms with van der Waals surface area (Å²) in [7, 11) is 0. The van der Waals surface area contributed by atoms with E-state index in [1.807, 2.05) is 6.92 Å². The standard InChI is InChI=1S/C11H20N4O/c1-8(2)12-10-4-5-15(6-10)7-11-13-9(3)16-14-11/h8,10,12H,4-7H2,1-3H3. The van der Waals surface area contributed by atoms with Crippen molar-refractivity contribution in [2.24, 2.45) is 0 Å². The van der Waals surface area contributed by atoms with Gasteiger partial charge in [-0.15, -0.1) is 0 Å². The van der Waals surface area contributed by atoms with Gasteiger partial charge < -0.3 is 9.84 Å². The lowest BCUT2D eigenvalue weighted by Crippen LogP contribution is -2.36. The molecule has 0 amide bonds. The number of likely N-dealkylation sites (tertiary alicyclic amines) is 1. The molecule has 0 aliphatic carbocycles. The quantitative estimate of drug-likeness (QED) is 0.825. The lowest BCUT2D eigenvalue weighted by molar-refractivity contribution is 0.299. The van der Waals surface area contributed by atoms with Gasteiger partial charge in [-0.25, -0.2) is 0 Å². The van der Waals surface area contributed by atoms with Gasteiger partial charge in [0.25, 0.3) is 0 Å². The van der Waals surface area contributed by atoms with E-state index >= 15 is 0 Å². The zero-order chi connectivity index (χ0) is 11.5. The number of nitrogens with one attached hydrogen (secondary N) is 1. The summed E-state index contributed by atoms with van der Waals surface area (Å²) >= 11 is 0. The topological polar surface area (TPSA) is 54.2 Å². The molecular weight excluding hydrogens is 204 g/mol. The van der Waals surface area contributed by atoms with Crippen molar-refractivity contribution in [2.75, 3.05) is 13.1 Å². The molecule has 1 atom stereocenters. The van der Waals surface area contributed by atoms with E-state index in [1.54, 1.807) is 0 Å². The van der Waals surface area contributed by atoms with Gasteiger partial charge in [-0.3, -0.25) is 4.90 Å². The van der Waals surface area contributed by atoms with E-state index in [1.165, 1.54) is 6.42 Å². The third kappa shape index (κ3) is 3.02. The molecule has 2 heterocycles. The Labute approximate surface area is 96.2 Å². The second kappa shape index (κ2) is 4.93. The van der Waals surface area contributed by atoms with Crippen molar-refractivity contribution in [3.63, 3.8) is 0 Å². The summed E-state index contributed by atoms with van der Waals surface area (Å²) in [6.07, 6.45) is 1.20. The van der Waals surface area contributed by atoms with Crippen molar-refractivity contribution >= 4 is 0 Å². The van der Waals surface area contributed by atoms with Gasteiger partial charge in [0, 0.05) is 32.1 Å². The Bertz CT molecular complexity index is 336. The van der Waals surface area contributed by atoms with Crippen LogP contribution in [-0.2, 0) is 6.54 Å². The second-order valence-corrected chi connectivity index (χ2v) is 4.77. The van der Waals surface area contributed by atoms with Gasteiger partial charge in [0.2, 0.25) is 5.89 Å². The fourth-order valence-electron chi connectivity index (χ4n) is 2.19. The molecule has 0 saturated carbocycles. The first-order valence-corrected chi connectivity index (χ1v) is 5.91. The minimum absolute atomic E-state index is 0.553. The number of rotatable bonds is 4. The molecule has 0 bridgehead atoms. The third-order valence-corrected chi connectivity index (χ3v) is 2.78. The normalized spacial score (nSPS) is 22.1. The second-order valence-electron chi connectivity index (χ2n) is 4.77. The number of aromatic nitrogens is 2. The highest BCUT2D eigenvalue weighted by molar-refractivity contribution is 4.88. The van der Waals surface area contributed by atoms with Crippen LogP contribution in [0.5, 0.6) is 0 Å². The van der Waals surface area contributed by atoms with Crippen molar-refractivity contribution in [2.45, 2.75) is 45.8 Å². The van der Waals surface area contributed by atoms with Gasteiger partial charge in [0.05, 0.1) is 6.54 Å². The Morgan fingerprint density at radius 2 is 2.38 bits per heavy atom. The highest BCUT2D eigenvalue weighted by Crippen LogP contribution is 2.12. The number of hydrogen-bond donors (Lipinski definition) is 1. The smallest absolute Gasteiger partial charge is 0.223 e. The average Bonchev–Trinajstić information content (AvgIpc) is 2.76. The molecule has 1 unspecified atom stereocenters. The first kappa shape index (κ1) is 11.5. The van der Waals surface area contributed by atoms with Crippen LogP contribution in [0.3, 0.4) is 0 Å². The largest absolute Gasteiger partial charge is 0.340 e. The lowest BCUT2D eigenvalue weighted by Gasteiger charge is -2.16. The highest BCUT2D eigenvalue weighted by Gasteiger charge is 2.23. The molecule has 1 aromatic rings. The highest BCUT2D eigenvalue weighted by atomic mass is 16.5. The maximum absolute atomic E-state index is 4.96. The number of nitrogens with zero attached hydrogens (tertiary/aromatic N) is 3. The molecule has 0 aromatic carbocycles. The van der Waals surface area contributed by atoms with Crippen LogP contribution < -0.4 is 5.32 Å². The average molecular weight is 224 g/mol. The molecule has 1 saturated heterocycles. The summed E-state index contributed by atoms with van der Waals surface area (Å²) in [5, 5.41) is 7.47. The molecule has 0 radical (unpaired) electrons. The van der Waals surface area contributed by atoms with E-state index in [-0.39, 0.29) is 0 Å². The van der Waals surface area contributed by atoms with Crippen LogP contribution in [0, 0.1) is 6.92 Å². The van der Waals surface area contributed by atoms with E-state index in [0.717, 1.165) is 25.5 Å². The Kier molecular flexibility index (Phi) is 3.56. The van der Waals surface area contributed by atoms with E-state index < -0.39 is 0 Å². The van der Waals surface area contributed by atoms with Crippen molar-refractivity contribution in [1.29, 1.82) is 0 Å². The van der Waals surface area contributed by atoms with Crippen molar-refractivity contribution < 1.29 is 4.52 Å². The molecule has 1 N–H and O–H groups in total. The van der Waals surface area contributed by atoms with Gasteiger partial charge in [0.15, 0.2) is 5.82 Å². The Hall–Kier alpha value is -0.940. The van der Waals surface area contributed by atoms with Crippen LogP contribution in [0.15, 0.2) is 4.52 Å². The molecule has 1 fully saturated rings. The van der Waals surface area contributed by atoms with E-state index in [9.17, 15) is 0 Å². The van der Waals surface area contributed by atoms with Crippen LogP contribution in [0.2, 0.25) is 0 Å². The maximum Gasteiger partial charge on any atom is 0.223 e. The van der Waals surface area contributed by atoms with Gasteiger partial charge in [-0.05, 0) is 6.42 Å². The predicted molar refractivity (Wildman–Crippen MR) is 61.0 cm³/mol. The fraction of sp³-hybridized carbons (Fsp3) is 0.818. The zero-order valence-electron chi connectivity index (χ0n) is 10.2. The van der Waals surface area contributed by atoms with E-state index in [4.69, 9.17) is 4.52 Å². The molecule has 5 heteroatoms. The predicted octanol–water partition coefficient (Wildman–Crippen LogP) is 0.950. The first-order valence-electron chi connectivity index (χ1n) is 5.91. The summed E-state index contributed by atoms with van der Waals surface area (Å²) in [5.74, 6) is 1.44. The molecule has 1 aromatic heterocycles. The lowest BCUT2D eigenvalue weighted by atomic mass is 10.2. The minimum atomic E-state index is 0.553. The molecule has 1 aliphatic heterocycles.